The Balaban J connectivity index is 1.50. The number of pyridine rings is 2. The molecule has 0 radical (unpaired) electrons. The fourth-order valence-electron chi connectivity index (χ4n) is 5.16. The number of alkyl halides is 2. The fraction of sp³-hybridized carbons (Fsp3) is 0.400. The first-order valence-corrected chi connectivity index (χ1v) is 13.4. The van der Waals surface area contributed by atoms with Gasteiger partial charge in [0.15, 0.2) is 5.82 Å². The summed E-state index contributed by atoms with van der Waals surface area (Å²) < 4.78 is 33.2. The van der Waals surface area contributed by atoms with Gasteiger partial charge in [-0.05, 0) is 62.2 Å². The minimum Gasteiger partial charge on any atom is -0.389 e. The van der Waals surface area contributed by atoms with Crippen molar-refractivity contribution in [3.05, 3.63) is 65.6 Å². The first-order valence-electron chi connectivity index (χ1n) is 13.4. The lowest BCUT2D eigenvalue weighted by molar-refractivity contribution is -0.120. The Morgan fingerprint density at radius 1 is 1.17 bits per heavy atom. The third-order valence-corrected chi connectivity index (χ3v) is 7.17. The number of carbonyl (C=O) groups excluding carboxylic acids is 2. The number of fused-ring (bicyclic) bond motifs is 3. The van der Waals surface area contributed by atoms with Gasteiger partial charge in [-0.15, -0.1) is 0 Å². The molecule has 0 saturated carbocycles. The number of β-amino-alcohol motifs (C(OH)–C–C–N with tert-alkyl or cyclic N) is 1. The Morgan fingerprint density at radius 2 is 1.95 bits per heavy atom. The zero-order valence-corrected chi connectivity index (χ0v) is 23.4. The molecule has 0 spiro atoms. The number of anilines is 3. The summed E-state index contributed by atoms with van der Waals surface area (Å²) in [6, 6.07) is 9.69. The van der Waals surface area contributed by atoms with Gasteiger partial charge in [0.05, 0.1) is 37.1 Å². The molecular formula is C30H33F2N5O4. The van der Waals surface area contributed by atoms with Crippen LogP contribution in [0.5, 0.6) is 0 Å². The lowest BCUT2D eigenvalue weighted by Gasteiger charge is -2.36. The third kappa shape index (κ3) is 6.20. The molecule has 2 amide bonds. The minimum atomic E-state index is -3.17. The molecule has 2 aromatic heterocycles. The van der Waals surface area contributed by atoms with Crippen LogP contribution >= 0.6 is 0 Å². The molecule has 4 heterocycles. The quantitative estimate of drug-likeness (QED) is 0.452. The predicted octanol–water partition coefficient (Wildman–Crippen LogP) is 4.53. The largest absolute Gasteiger partial charge is 0.389 e. The number of morpholine rings is 1. The molecule has 216 valence electrons. The lowest BCUT2D eigenvalue weighted by Crippen LogP contribution is -2.46. The molecule has 1 aromatic carbocycles. The number of nitrogens with zero attached hydrogens (tertiary/aromatic N) is 4. The van der Waals surface area contributed by atoms with Crippen LogP contribution in [-0.4, -0.2) is 64.8 Å². The number of benzene rings is 1. The van der Waals surface area contributed by atoms with E-state index in [-0.39, 0.29) is 30.5 Å². The number of aryl methyl sites for hydroxylation is 1. The van der Waals surface area contributed by atoms with Crippen LogP contribution in [0.15, 0.2) is 48.8 Å². The van der Waals surface area contributed by atoms with Crippen LogP contribution < -0.4 is 15.1 Å². The van der Waals surface area contributed by atoms with Crippen LogP contribution in [0.3, 0.4) is 0 Å². The van der Waals surface area contributed by atoms with Crippen LogP contribution in [-0.2, 0) is 15.5 Å². The van der Waals surface area contributed by atoms with Crippen molar-refractivity contribution >= 4 is 29.0 Å². The highest BCUT2D eigenvalue weighted by Crippen LogP contribution is 2.39. The molecule has 2 aliphatic rings. The number of nitrogens with one attached hydrogen (secondary N) is 1. The van der Waals surface area contributed by atoms with Gasteiger partial charge in [-0.1, -0.05) is 6.07 Å². The van der Waals surface area contributed by atoms with Crippen LogP contribution in [0, 0.1) is 6.92 Å². The van der Waals surface area contributed by atoms with Crippen molar-refractivity contribution < 1.29 is 28.2 Å². The molecule has 0 bridgehead atoms. The maximum absolute atomic E-state index is 13.7. The van der Waals surface area contributed by atoms with Gasteiger partial charge in [0, 0.05) is 49.1 Å². The monoisotopic (exact) mass is 565 g/mol. The number of aliphatic hydroxyl groups is 1. The van der Waals surface area contributed by atoms with Gasteiger partial charge in [0.1, 0.15) is 5.69 Å². The number of amides is 2. The molecular weight excluding hydrogens is 532 g/mol. The Hall–Kier alpha value is -3.96. The summed E-state index contributed by atoms with van der Waals surface area (Å²) in [4.78, 5) is 38.3. The van der Waals surface area contributed by atoms with E-state index in [0.717, 1.165) is 35.4 Å². The molecule has 3 aromatic rings. The summed E-state index contributed by atoms with van der Waals surface area (Å²) in [6.07, 6.45) is 3.11. The van der Waals surface area contributed by atoms with Crippen molar-refractivity contribution in [2.75, 3.05) is 41.4 Å². The number of hydrogen-bond donors (Lipinski definition) is 2. The second-order valence-corrected chi connectivity index (χ2v) is 11.3. The maximum Gasteiger partial charge on any atom is 0.286 e. The Kier molecular flexibility index (Phi) is 7.52. The number of hydrogen-bond acceptors (Lipinski definition) is 7. The summed E-state index contributed by atoms with van der Waals surface area (Å²) in [5.41, 5.74) is 2.22. The SMILES string of the molecule is Cc1ccc(NC(=O)c2ccnc(C(C)(F)F)c2)cc1-c1cnc2c(c1)N1CCOC[C@H]1CC(=O)N2CC(C)(C)O. The van der Waals surface area contributed by atoms with E-state index in [9.17, 15) is 23.5 Å². The summed E-state index contributed by atoms with van der Waals surface area (Å²) in [5.74, 6) is -3.36. The standard InChI is InChI=1S/C30H33F2N5O4/c1-18-5-6-21(35-28(39)19-7-8-33-25(12-19)30(4,31)32)13-23(18)20-11-24-27(34-15-20)37(17-29(2,3)40)26(38)14-22-16-41-10-9-36(22)24/h5-8,11-13,15,22,40H,9-10,14,16-17H2,1-4H3,(H,35,39)/t22-/m1/s1. The topological polar surface area (TPSA) is 108 Å². The first-order chi connectivity index (χ1) is 19.3. The van der Waals surface area contributed by atoms with Crippen molar-refractivity contribution in [1.82, 2.24) is 9.97 Å². The van der Waals surface area contributed by atoms with Crippen LogP contribution in [0.25, 0.3) is 11.1 Å². The second-order valence-electron chi connectivity index (χ2n) is 11.3. The number of aromatic nitrogens is 2. The second kappa shape index (κ2) is 10.8. The smallest absolute Gasteiger partial charge is 0.286 e. The van der Waals surface area contributed by atoms with Crippen LogP contribution in [0.2, 0.25) is 0 Å². The third-order valence-electron chi connectivity index (χ3n) is 7.17. The highest BCUT2D eigenvalue weighted by molar-refractivity contribution is 6.04. The molecule has 2 aliphatic heterocycles. The van der Waals surface area contributed by atoms with Gasteiger partial charge < -0.3 is 20.1 Å². The van der Waals surface area contributed by atoms with E-state index in [1.54, 1.807) is 37.1 Å². The molecule has 1 saturated heterocycles. The number of rotatable bonds is 6. The molecule has 1 fully saturated rings. The van der Waals surface area contributed by atoms with Gasteiger partial charge in [-0.25, -0.2) is 4.98 Å². The molecule has 2 N–H and O–H groups in total. The molecule has 5 rings (SSSR count). The minimum absolute atomic E-state index is 0.0697. The van der Waals surface area contributed by atoms with Gasteiger partial charge in [0.2, 0.25) is 5.91 Å². The number of halogens is 2. The van der Waals surface area contributed by atoms with E-state index in [1.165, 1.54) is 12.3 Å². The summed E-state index contributed by atoms with van der Waals surface area (Å²) in [5, 5.41) is 13.3. The van der Waals surface area contributed by atoms with Gasteiger partial charge in [0.25, 0.3) is 11.8 Å². The Labute approximate surface area is 237 Å². The summed E-state index contributed by atoms with van der Waals surface area (Å²) in [7, 11) is 0. The van der Waals surface area contributed by atoms with Crippen LogP contribution in [0.1, 0.15) is 48.8 Å². The first kappa shape index (κ1) is 28.6. The molecule has 0 aliphatic carbocycles. The average molecular weight is 566 g/mol. The van der Waals surface area contributed by atoms with E-state index in [2.05, 4.69) is 15.2 Å². The van der Waals surface area contributed by atoms with E-state index < -0.39 is 23.1 Å². The number of ether oxygens (including phenoxy) is 1. The van der Waals surface area contributed by atoms with Crippen molar-refractivity contribution in [3.63, 3.8) is 0 Å². The van der Waals surface area contributed by atoms with Crippen molar-refractivity contribution in [3.8, 4) is 11.1 Å². The highest BCUT2D eigenvalue weighted by Gasteiger charge is 2.37. The zero-order chi connectivity index (χ0) is 29.5. The van der Waals surface area contributed by atoms with Gasteiger partial charge >= 0.3 is 0 Å². The van der Waals surface area contributed by atoms with Crippen LogP contribution in [0.4, 0.5) is 26.0 Å². The maximum atomic E-state index is 13.7. The Bertz CT molecular complexity index is 1480. The van der Waals surface area contributed by atoms with E-state index in [4.69, 9.17) is 9.72 Å². The highest BCUT2D eigenvalue weighted by atomic mass is 19.3. The molecule has 11 heteroatoms. The van der Waals surface area contributed by atoms with Crippen molar-refractivity contribution in [2.24, 2.45) is 0 Å². The van der Waals surface area contributed by atoms with Crippen molar-refractivity contribution in [1.29, 1.82) is 0 Å². The predicted molar refractivity (Wildman–Crippen MR) is 151 cm³/mol. The molecule has 9 nitrogen and oxygen atoms in total. The van der Waals surface area contributed by atoms with Crippen molar-refractivity contribution in [2.45, 2.75) is 51.7 Å². The zero-order valence-electron chi connectivity index (χ0n) is 23.4. The summed E-state index contributed by atoms with van der Waals surface area (Å²) >= 11 is 0. The van der Waals surface area contributed by atoms with Gasteiger partial charge in [-0.3, -0.25) is 19.5 Å². The van der Waals surface area contributed by atoms with Gasteiger partial charge in [-0.2, -0.15) is 8.78 Å². The van der Waals surface area contributed by atoms with E-state index in [0.29, 0.717) is 31.3 Å². The fourth-order valence-corrected chi connectivity index (χ4v) is 5.16. The average Bonchev–Trinajstić information content (AvgIpc) is 3.02. The Morgan fingerprint density at radius 3 is 2.68 bits per heavy atom. The number of carbonyl (C=O) groups is 2. The molecule has 1 atom stereocenters. The molecule has 41 heavy (non-hydrogen) atoms. The summed E-state index contributed by atoms with van der Waals surface area (Å²) in [6.45, 7) is 7.58. The molecule has 0 unspecified atom stereocenters. The lowest BCUT2D eigenvalue weighted by atomic mass is 10.00. The van der Waals surface area contributed by atoms with E-state index in [1.807, 2.05) is 19.1 Å². The normalized spacial score (nSPS) is 17.5. The van der Waals surface area contributed by atoms with E-state index >= 15 is 0 Å².